The lowest BCUT2D eigenvalue weighted by molar-refractivity contribution is -0.128. The minimum atomic E-state index is -0.410. The van der Waals surface area contributed by atoms with Crippen molar-refractivity contribution >= 4 is 17.4 Å². The molecule has 0 aliphatic rings. The van der Waals surface area contributed by atoms with Gasteiger partial charge in [-0.2, -0.15) is 0 Å². The number of rotatable bonds is 6. The highest BCUT2D eigenvalue weighted by Crippen LogP contribution is 2.28. The van der Waals surface area contributed by atoms with Crippen LogP contribution in [0.1, 0.15) is 32.3 Å². The van der Waals surface area contributed by atoms with Gasteiger partial charge in [0.2, 0.25) is 0 Å². The Morgan fingerprint density at radius 1 is 1.47 bits per heavy atom. The topological polar surface area (TPSA) is 56.0 Å². The number of nitrogens with two attached hydrogens (primary N) is 1. The van der Waals surface area contributed by atoms with Crippen molar-refractivity contribution in [3.63, 3.8) is 0 Å². The van der Waals surface area contributed by atoms with E-state index < -0.39 is 5.41 Å². The molecular formula is C13H19ClN2O. The summed E-state index contributed by atoms with van der Waals surface area (Å²) in [5.74, 6) is 0.165. The highest BCUT2D eigenvalue weighted by atomic mass is 35.5. The van der Waals surface area contributed by atoms with E-state index in [0.717, 1.165) is 18.4 Å². The van der Waals surface area contributed by atoms with Gasteiger partial charge >= 0.3 is 0 Å². The fourth-order valence-corrected chi connectivity index (χ4v) is 2.14. The zero-order valence-corrected chi connectivity index (χ0v) is 11.1. The molecule has 3 nitrogen and oxygen atoms in total. The lowest BCUT2D eigenvalue weighted by Gasteiger charge is -2.28. The van der Waals surface area contributed by atoms with Crippen molar-refractivity contribution < 1.29 is 4.79 Å². The van der Waals surface area contributed by atoms with E-state index in [2.05, 4.69) is 4.98 Å². The molecule has 1 rings (SSSR count). The Balaban J connectivity index is 2.88. The number of halogens is 1. The Labute approximate surface area is 107 Å². The molecule has 0 saturated carbocycles. The molecule has 1 aromatic heterocycles. The van der Waals surface area contributed by atoms with Gasteiger partial charge in [-0.1, -0.05) is 25.4 Å². The van der Waals surface area contributed by atoms with Crippen LogP contribution in [0.15, 0.2) is 18.5 Å². The maximum Gasteiger partial charge on any atom is 0.144 e. The van der Waals surface area contributed by atoms with E-state index in [9.17, 15) is 4.79 Å². The van der Waals surface area contributed by atoms with Gasteiger partial charge in [0.25, 0.3) is 0 Å². The van der Waals surface area contributed by atoms with Crippen molar-refractivity contribution in [3.8, 4) is 0 Å². The number of nitrogens with zero attached hydrogens (tertiary/aromatic N) is 1. The van der Waals surface area contributed by atoms with Gasteiger partial charge in [-0.25, -0.2) is 0 Å². The summed E-state index contributed by atoms with van der Waals surface area (Å²) in [7, 11) is 0. The minimum absolute atomic E-state index is 0.165. The number of hydrogen-bond acceptors (Lipinski definition) is 3. The number of ketones is 1. The highest BCUT2D eigenvalue weighted by Gasteiger charge is 2.32. The average molecular weight is 255 g/mol. The standard InChI is InChI=1S/C13H19ClN2O/c1-3-13(4-2,9-15)12(17)7-10-5-6-16-8-11(10)14/h5-6,8H,3-4,7,9,15H2,1-2H3. The third-order valence-corrected chi connectivity index (χ3v) is 3.88. The van der Waals surface area contributed by atoms with Gasteiger partial charge in [-0.05, 0) is 24.5 Å². The molecule has 1 aromatic rings. The molecule has 0 saturated heterocycles. The van der Waals surface area contributed by atoms with Gasteiger partial charge in [0.05, 0.1) is 5.02 Å². The lowest BCUT2D eigenvalue weighted by atomic mass is 9.76. The second-order valence-corrected chi connectivity index (χ2v) is 4.67. The zero-order valence-electron chi connectivity index (χ0n) is 10.4. The third kappa shape index (κ3) is 3.05. The summed E-state index contributed by atoms with van der Waals surface area (Å²) < 4.78 is 0. The molecule has 0 unspecified atom stereocenters. The normalized spacial score (nSPS) is 11.5. The average Bonchev–Trinajstić information content (AvgIpc) is 2.35. The molecule has 1 heterocycles. The highest BCUT2D eigenvalue weighted by molar-refractivity contribution is 6.31. The Bertz CT molecular complexity index is 380. The van der Waals surface area contributed by atoms with Gasteiger partial charge in [-0.3, -0.25) is 9.78 Å². The number of aromatic nitrogens is 1. The first-order chi connectivity index (χ1) is 8.09. The summed E-state index contributed by atoms with van der Waals surface area (Å²) in [6, 6.07) is 1.78. The molecule has 0 bridgehead atoms. The molecule has 0 amide bonds. The molecule has 94 valence electrons. The predicted octanol–water partition coefficient (Wildman–Crippen LogP) is 2.61. The first-order valence-corrected chi connectivity index (χ1v) is 6.29. The van der Waals surface area contributed by atoms with Gasteiger partial charge in [-0.15, -0.1) is 0 Å². The van der Waals surface area contributed by atoms with Gasteiger partial charge < -0.3 is 5.73 Å². The molecular weight excluding hydrogens is 236 g/mol. The van der Waals surface area contributed by atoms with Crippen LogP contribution in [0.5, 0.6) is 0 Å². The number of Topliss-reactive ketones (excluding diaryl/α,β-unsaturated/α-hetero) is 1. The largest absolute Gasteiger partial charge is 0.329 e. The van der Waals surface area contributed by atoms with Crippen LogP contribution in [-0.4, -0.2) is 17.3 Å². The maximum atomic E-state index is 12.3. The van der Waals surface area contributed by atoms with Crippen LogP contribution in [0.25, 0.3) is 0 Å². The monoisotopic (exact) mass is 254 g/mol. The summed E-state index contributed by atoms with van der Waals surface area (Å²) >= 11 is 6.00. The second-order valence-electron chi connectivity index (χ2n) is 4.26. The Morgan fingerprint density at radius 3 is 2.59 bits per heavy atom. The zero-order chi connectivity index (χ0) is 12.9. The van der Waals surface area contributed by atoms with Crippen molar-refractivity contribution in [1.29, 1.82) is 0 Å². The van der Waals surface area contributed by atoms with E-state index in [1.54, 1.807) is 18.5 Å². The molecule has 0 spiro atoms. The second kappa shape index (κ2) is 6.12. The third-order valence-electron chi connectivity index (χ3n) is 3.54. The Kier molecular flexibility index (Phi) is 5.09. The molecule has 0 atom stereocenters. The molecule has 0 aliphatic carbocycles. The van der Waals surface area contributed by atoms with Crippen LogP contribution in [0, 0.1) is 5.41 Å². The summed E-state index contributed by atoms with van der Waals surface area (Å²) in [5, 5.41) is 0.541. The molecule has 4 heteroatoms. The molecule has 0 fully saturated rings. The quantitative estimate of drug-likeness (QED) is 0.849. The van der Waals surface area contributed by atoms with E-state index in [1.807, 2.05) is 13.8 Å². The van der Waals surface area contributed by atoms with E-state index >= 15 is 0 Å². The van der Waals surface area contributed by atoms with Gasteiger partial charge in [0.1, 0.15) is 5.78 Å². The van der Waals surface area contributed by atoms with Crippen molar-refractivity contribution in [3.05, 3.63) is 29.0 Å². The Hall–Kier alpha value is -0.930. The smallest absolute Gasteiger partial charge is 0.144 e. The summed E-state index contributed by atoms with van der Waals surface area (Å²) in [6.45, 7) is 4.40. The fraction of sp³-hybridized carbons (Fsp3) is 0.538. The van der Waals surface area contributed by atoms with Crippen LogP contribution in [0.4, 0.5) is 0 Å². The molecule has 0 aliphatic heterocycles. The van der Waals surface area contributed by atoms with Gasteiger partial charge in [0, 0.05) is 30.8 Å². The van der Waals surface area contributed by atoms with Crippen LogP contribution in [-0.2, 0) is 11.2 Å². The van der Waals surface area contributed by atoms with E-state index in [-0.39, 0.29) is 5.78 Å². The van der Waals surface area contributed by atoms with Crippen LogP contribution >= 0.6 is 11.6 Å². The molecule has 2 N–H and O–H groups in total. The minimum Gasteiger partial charge on any atom is -0.329 e. The van der Waals surface area contributed by atoms with E-state index in [0.29, 0.717) is 18.0 Å². The van der Waals surface area contributed by atoms with Gasteiger partial charge in [0.15, 0.2) is 0 Å². The summed E-state index contributed by atoms with van der Waals surface area (Å²) in [6.07, 6.45) is 5.08. The maximum absolute atomic E-state index is 12.3. The van der Waals surface area contributed by atoms with Crippen molar-refractivity contribution in [2.24, 2.45) is 11.1 Å². The van der Waals surface area contributed by atoms with Crippen LogP contribution in [0.2, 0.25) is 5.02 Å². The number of hydrogen-bond donors (Lipinski definition) is 1. The Morgan fingerprint density at radius 2 is 2.12 bits per heavy atom. The fourth-order valence-electron chi connectivity index (χ4n) is 1.95. The molecule has 17 heavy (non-hydrogen) atoms. The van der Waals surface area contributed by atoms with E-state index in [4.69, 9.17) is 17.3 Å². The number of carbonyl (C=O) groups is 1. The lowest BCUT2D eigenvalue weighted by Crippen LogP contribution is -2.38. The number of pyridine rings is 1. The van der Waals surface area contributed by atoms with E-state index in [1.165, 1.54) is 0 Å². The first kappa shape index (κ1) is 14.1. The van der Waals surface area contributed by atoms with Crippen LogP contribution in [0.3, 0.4) is 0 Å². The van der Waals surface area contributed by atoms with Crippen molar-refractivity contribution in [2.45, 2.75) is 33.1 Å². The summed E-state index contributed by atoms with van der Waals surface area (Å²) in [5.41, 5.74) is 6.17. The van der Waals surface area contributed by atoms with Crippen molar-refractivity contribution in [2.75, 3.05) is 6.54 Å². The SMILES string of the molecule is CCC(CC)(CN)C(=O)Cc1ccncc1Cl. The van der Waals surface area contributed by atoms with Crippen LogP contribution < -0.4 is 5.73 Å². The molecule has 0 radical (unpaired) electrons. The first-order valence-electron chi connectivity index (χ1n) is 5.91. The molecule has 0 aromatic carbocycles. The van der Waals surface area contributed by atoms with Crippen molar-refractivity contribution in [1.82, 2.24) is 4.98 Å². The number of carbonyl (C=O) groups excluding carboxylic acids is 1. The summed E-state index contributed by atoms with van der Waals surface area (Å²) in [4.78, 5) is 16.2. The predicted molar refractivity (Wildman–Crippen MR) is 70.0 cm³/mol.